The summed E-state index contributed by atoms with van der Waals surface area (Å²) in [6.07, 6.45) is 2.18. The summed E-state index contributed by atoms with van der Waals surface area (Å²) in [4.78, 5) is 26.9. The molecule has 10 heteroatoms. The number of benzene rings is 2. The molecule has 2 bridgehead atoms. The Kier molecular flexibility index (Phi) is 6.54. The number of aliphatic hydroxyl groups is 1. The number of hydrogen-bond donors (Lipinski definition) is 2. The number of hydrogen-bond acceptors (Lipinski definition) is 10. The highest BCUT2D eigenvalue weighted by Gasteiger charge is 2.88. The summed E-state index contributed by atoms with van der Waals surface area (Å²) in [5.41, 5.74) is -1.84. The van der Waals surface area contributed by atoms with Crippen LogP contribution in [0.25, 0.3) is 5.76 Å². The first-order valence-electron chi connectivity index (χ1n) is 15.6. The van der Waals surface area contributed by atoms with E-state index in [-0.39, 0.29) is 23.5 Å². The fourth-order valence-corrected chi connectivity index (χ4v) is 9.19. The molecule has 1 unspecified atom stereocenters. The molecule has 5 aliphatic heterocycles. The molecular formula is C35H37NO8S. The summed E-state index contributed by atoms with van der Waals surface area (Å²) >= 11 is 1.58. The van der Waals surface area contributed by atoms with Crippen molar-refractivity contribution in [2.24, 2.45) is 17.3 Å². The maximum atomic E-state index is 13.5. The molecule has 1 spiro atoms. The third-order valence-electron chi connectivity index (χ3n) is 11.1. The van der Waals surface area contributed by atoms with E-state index in [1.54, 1.807) is 36.0 Å². The summed E-state index contributed by atoms with van der Waals surface area (Å²) in [5.74, 6) is -0.517. The molecule has 2 aromatic rings. The Bertz CT molecular complexity index is 1640. The van der Waals surface area contributed by atoms with E-state index in [1.807, 2.05) is 42.7 Å². The largest absolute Gasteiger partial charge is 0.419 e. The number of ether oxygens (including phenoxy) is 5. The van der Waals surface area contributed by atoms with Gasteiger partial charge in [-0.15, -0.1) is 11.8 Å². The molecular weight excluding hydrogens is 594 g/mol. The quantitative estimate of drug-likeness (QED) is 0.192. The SMILES string of the molecule is CSCO[C@@H]1[C@@]2(C(C)C)O[C@H]2N[C@@]2(O)[C@@]3(C)CCC4=C(/C(=C(\OC(=O)c5ccccc5)c5ccccc5)OC4=O)[C@@H]3C3C[C@@]12O3. The van der Waals surface area contributed by atoms with Gasteiger partial charge in [-0.2, -0.15) is 0 Å². The number of allylic oxidation sites excluding steroid dienone is 1. The second-order valence-electron chi connectivity index (χ2n) is 13.5. The minimum absolute atomic E-state index is 0.123. The Balaban J connectivity index is 1.25. The zero-order chi connectivity index (χ0) is 31.4. The Hall–Kier alpha value is -2.99. The van der Waals surface area contributed by atoms with Crippen molar-refractivity contribution in [3.8, 4) is 0 Å². The Morgan fingerprint density at radius 1 is 1.09 bits per heavy atom. The van der Waals surface area contributed by atoms with Gasteiger partial charge in [0.2, 0.25) is 0 Å². The van der Waals surface area contributed by atoms with Crippen molar-refractivity contribution < 1.29 is 38.4 Å². The van der Waals surface area contributed by atoms with Gasteiger partial charge >= 0.3 is 11.9 Å². The van der Waals surface area contributed by atoms with Crippen LogP contribution in [0.4, 0.5) is 0 Å². The number of fused-ring (bicyclic) bond motifs is 1. The average molecular weight is 632 g/mol. The number of thioether (sulfide) groups is 1. The fourth-order valence-electron chi connectivity index (χ4n) is 8.92. The highest BCUT2D eigenvalue weighted by molar-refractivity contribution is 7.98. The van der Waals surface area contributed by atoms with E-state index in [2.05, 4.69) is 26.1 Å². The maximum Gasteiger partial charge on any atom is 0.343 e. The van der Waals surface area contributed by atoms with Crippen molar-refractivity contribution in [2.75, 3.05) is 12.2 Å². The summed E-state index contributed by atoms with van der Waals surface area (Å²) in [5, 5.41) is 16.5. The van der Waals surface area contributed by atoms with Crippen molar-refractivity contribution in [2.45, 2.75) is 75.4 Å². The second-order valence-corrected chi connectivity index (χ2v) is 14.3. The van der Waals surface area contributed by atoms with Gasteiger partial charge in [0, 0.05) is 34.5 Å². The summed E-state index contributed by atoms with van der Waals surface area (Å²) < 4.78 is 31.8. The molecule has 236 valence electrons. The van der Waals surface area contributed by atoms with Crippen molar-refractivity contribution in [3.05, 3.63) is 88.7 Å². The Morgan fingerprint density at radius 2 is 1.76 bits per heavy atom. The minimum Gasteiger partial charge on any atom is -0.419 e. The lowest BCUT2D eigenvalue weighted by Crippen LogP contribution is -2.91. The van der Waals surface area contributed by atoms with Crippen LogP contribution in [0.3, 0.4) is 0 Å². The van der Waals surface area contributed by atoms with Gasteiger partial charge in [0.05, 0.1) is 17.6 Å². The Morgan fingerprint density at radius 3 is 2.40 bits per heavy atom. The molecule has 9 rings (SSSR count). The first kappa shape index (κ1) is 29.4. The molecule has 0 radical (unpaired) electrons. The number of epoxide rings is 1. The number of piperidine rings is 1. The van der Waals surface area contributed by atoms with Gasteiger partial charge in [-0.25, -0.2) is 9.59 Å². The van der Waals surface area contributed by atoms with E-state index in [0.29, 0.717) is 47.5 Å². The van der Waals surface area contributed by atoms with Crippen molar-refractivity contribution in [3.63, 3.8) is 0 Å². The molecule has 45 heavy (non-hydrogen) atoms. The van der Waals surface area contributed by atoms with Gasteiger partial charge in [-0.05, 0) is 37.1 Å². The van der Waals surface area contributed by atoms with Crippen LogP contribution in [0, 0.1) is 17.3 Å². The van der Waals surface area contributed by atoms with Gasteiger partial charge in [0.1, 0.15) is 23.5 Å². The van der Waals surface area contributed by atoms with Gasteiger partial charge in [0.15, 0.2) is 17.2 Å². The highest BCUT2D eigenvalue weighted by atomic mass is 32.2. The fraction of sp³-hybridized carbons (Fsp3) is 0.486. The molecule has 0 amide bonds. The molecule has 1 saturated carbocycles. The summed E-state index contributed by atoms with van der Waals surface area (Å²) in [6, 6.07) is 17.9. The lowest BCUT2D eigenvalue weighted by atomic mass is 9.44. The van der Waals surface area contributed by atoms with E-state index in [0.717, 1.165) is 0 Å². The molecule has 2 aromatic carbocycles. The Labute approximate surface area is 266 Å². The normalized spacial score (nSPS) is 40.0. The first-order chi connectivity index (χ1) is 21.6. The summed E-state index contributed by atoms with van der Waals surface area (Å²) in [7, 11) is 0. The van der Waals surface area contributed by atoms with E-state index < -0.39 is 52.5 Å². The van der Waals surface area contributed by atoms with Crippen LogP contribution in [0.5, 0.6) is 0 Å². The number of rotatable bonds is 7. The van der Waals surface area contributed by atoms with Crippen LogP contribution in [0.2, 0.25) is 0 Å². The van der Waals surface area contributed by atoms with Crippen LogP contribution in [0.15, 0.2) is 77.6 Å². The van der Waals surface area contributed by atoms with Crippen molar-refractivity contribution in [1.29, 1.82) is 0 Å². The van der Waals surface area contributed by atoms with Crippen molar-refractivity contribution in [1.82, 2.24) is 5.32 Å². The number of esters is 2. The zero-order valence-electron chi connectivity index (χ0n) is 25.7. The topological polar surface area (TPSA) is 116 Å². The highest BCUT2D eigenvalue weighted by Crippen LogP contribution is 2.73. The van der Waals surface area contributed by atoms with E-state index in [1.165, 1.54) is 0 Å². The molecule has 5 fully saturated rings. The molecule has 2 N–H and O–H groups in total. The molecule has 4 saturated heterocycles. The van der Waals surface area contributed by atoms with Crippen LogP contribution in [-0.4, -0.2) is 64.6 Å². The third-order valence-corrected chi connectivity index (χ3v) is 11.5. The van der Waals surface area contributed by atoms with E-state index in [4.69, 9.17) is 23.7 Å². The molecule has 9 nitrogen and oxygen atoms in total. The van der Waals surface area contributed by atoms with Crippen LogP contribution >= 0.6 is 11.8 Å². The van der Waals surface area contributed by atoms with Crippen molar-refractivity contribution >= 4 is 29.5 Å². The van der Waals surface area contributed by atoms with Gasteiger partial charge < -0.3 is 28.8 Å². The third kappa shape index (κ3) is 3.75. The maximum absolute atomic E-state index is 13.5. The van der Waals surface area contributed by atoms with E-state index in [9.17, 15) is 14.7 Å². The smallest absolute Gasteiger partial charge is 0.343 e. The molecule has 8 atom stereocenters. The molecule has 5 heterocycles. The number of nitrogens with one attached hydrogen (secondary N) is 1. The number of cyclic esters (lactones) is 1. The van der Waals surface area contributed by atoms with Gasteiger partial charge in [0.25, 0.3) is 0 Å². The standard InChI is InChI=1S/C35H37NO8S/c1-19(2)34-30(40-18-45-4)33-17-23(43-33)25-24-22(15-16-32(25,3)35(33,39)36-31(34)44-34)29(38)42-27(24)26(20-11-7-5-8-12-20)41-28(37)21-13-9-6-10-14-21/h5-14,19,23,25,30-31,36,39H,15-18H2,1-4H3/b27-26+/t23?,25-,30-,31+,32-,33+,34+,35+/m0/s1. The van der Waals surface area contributed by atoms with Gasteiger partial charge in [-0.3, -0.25) is 5.32 Å². The lowest BCUT2D eigenvalue weighted by molar-refractivity contribution is -0.429. The predicted molar refractivity (Wildman–Crippen MR) is 165 cm³/mol. The number of carbonyl (C=O) groups excluding carboxylic acids is 2. The first-order valence-corrected chi connectivity index (χ1v) is 17.0. The average Bonchev–Trinajstić information content (AvgIpc) is 3.66. The van der Waals surface area contributed by atoms with Crippen LogP contribution in [-0.2, 0) is 28.5 Å². The zero-order valence-corrected chi connectivity index (χ0v) is 26.5. The minimum atomic E-state index is -1.54. The summed E-state index contributed by atoms with van der Waals surface area (Å²) in [6.45, 7) is 6.28. The molecule has 7 aliphatic rings. The molecule has 2 aliphatic carbocycles. The lowest BCUT2D eigenvalue weighted by Gasteiger charge is -2.74. The predicted octanol–water partition coefficient (Wildman–Crippen LogP) is 4.77. The van der Waals surface area contributed by atoms with E-state index >= 15 is 0 Å². The molecule has 0 aromatic heterocycles. The number of carbonyl (C=O) groups is 2. The van der Waals surface area contributed by atoms with Gasteiger partial charge in [-0.1, -0.05) is 69.3 Å². The van der Waals surface area contributed by atoms with Crippen LogP contribution < -0.4 is 5.32 Å². The monoisotopic (exact) mass is 631 g/mol. The second kappa shape index (κ2) is 10.0. The van der Waals surface area contributed by atoms with Crippen LogP contribution in [0.1, 0.15) is 56.0 Å².